The van der Waals surface area contributed by atoms with Crippen LogP contribution < -0.4 is 15.4 Å². The number of nitrogens with one attached hydrogen (secondary N) is 2. The van der Waals surface area contributed by atoms with Crippen molar-refractivity contribution in [3.8, 4) is 5.75 Å². The summed E-state index contributed by atoms with van der Waals surface area (Å²) in [7, 11) is -3.74. The summed E-state index contributed by atoms with van der Waals surface area (Å²) in [6.07, 6.45) is 0.192. The largest absolute Gasteiger partial charge is 0.494 e. The molecule has 1 aliphatic rings. The monoisotopic (exact) mass is 448 g/mol. The molecule has 1 atom stereocenters. The van der Waals surface area contributed by atoms with Crippen LogP contribution in [0.4, 0.5) is 11.4 Å². The van der Waals surface area contributed by atoms with Gasteiger partial charge in [0.2, 0.25) is 11.8 Å². The first-order valence-electron chi connectivity index (χ1n) is 9.63. The summed E-state index contributed by atoms with van der Waals surface area (Å²) in [5.41, 5.74) is 1.06. The minimum Gasteiger partial charge on any atom is -0.494 e. The summed E-state index contributed by atoms with van der Waals surface area (Å²) in [5, 5.41) is 4.53. The lowest BCUT2D eigenvalue weighted by Crippen LogP contribution is -2.25. The number of carbonyl (C=O) groups is 2. The van der Waals surface area contributed by atoms with Crippen molar-refractivity contribution in [2.24, 2.45) is 0 Å². The van der Waals surface area contributed by atoms with Gasteiger partial charge in [-0.15, -0.1) is 11.8 Å². The van der Waals surface area contributed by atoms with Crippen molar-refractivity contribution in [1.82, 2.24) is 0 Å². The minimum absolute atomic E-state index is 0.0883. The molecule has 0 saturated heterocycles. The molecule has 7 nitrogen and oxygen atoms in total. The Bertz CT molecular complexity index is 1040. The van der Waals surface area contributed by atoms with Crippen LogP contribution in [0.1, 0.15) is 26.7 Å². The Balaban J connectivity index is 1.68. The Labute approximate surface area is 180 Å². The molecule has 0 spiro atoms. The molecular formula is C21H24N2O5S2. The fraction of sp³-hybridized carbons (Fsp3) is 0.333. The van der Waals surface area contributed by atoms with Crippen LogP contribution >= 0.6 is 11.8 Å². The number of sulfone groups is 1. The first-order chi connectivity index (χ1) is 14.3. The lowest BCUT2D eigenvalue weighted by molar-refractivity contribution is -0.116. The average molecular weight is 449 g/mol. The van der Waals surface area contributed by atoms with Crippen LogP contribution in [0.3, 0.4) is 0 Å². The highest BCUT2D eigenvalue weighted by Gasteiger charge is 2.27. The molecule has 0 fully saturated rings. The number of anilines is 2. The molecule has 160 valence electrons. The maximum absolute atomic E-state index is 13.0. The SMILES string of the molecule is CCOc1ccc(NC(=O)CC(C)S(=O)(=O)c2ccc3c(c2)NC(=O)CCS3)cc1. The maximum atomic E-state index is 13.0. The maximum Gasteiger partial charge on any atom is 0.225 e. The second kappa shape index (κ2) is 9.53. The Kier molecular flexibility index (Phi) is 7.04. The van der Waals surface area contributed by atoms with E-state index in [0.29, 0.717) is 35.9 Å². The van der Waals surface area contributed by atoms with Crippen LogP contribution in [0.25, 0.3) is 0 Å². The van der Waals surface area contributed by atoms with Crippen molar-refractivity contribution in [1.29, 1.82) is 0 Å². The van der Waals surface area contributed by atoms with Crippen LogP contribution in [-0.2, 0) is 19.4 Å². The summed E-state index contributed by atoms with van der Waals surface area (Å²) in [6.45, 7) is 3.94. The molecule has 3 rings (SSSR count). The molecule has 2 aromatic carbocycles. The van der Waals surface area contributed by atoms with Crippen molar-refractivity contribution in [3.63, 3.8) is 0 Å². The summed E-state index contributed by atoms with van der Waals surface area (Å²) < 4.78 is 31.3. The number of hydrogen-bond acceptors (Lipinski definition) is 6. The number of benzene rings is 2. The summed E-state index contributed by atoms with van der Waals surface area (Å²) in [4.78, 5) is 25.1. The number of carbonyl (C=O) groups excluding carboxylic acids is 2. The molecule has 0 radical (unpaired) electrons. The molecule has 1 heterocycles. The van der Waals surface area contributed by atoms with E-state index in [-0.39, 0.29) is 17.2 Å². The molecule has 2 aromatic rings. The second-order valence-corrected chi connectivity index (χ2v) is 10.4. The van der Waals surface area contributed by atoms with E-state index in [2.05, 4.69) is 10.6 Å². The van der Waals surface area contributed by atoms with E-state index in [9.17, 15) is 18.0 Å². The van der Waals surface area contributed by atoms with Crippen molar-refractivity contribution >= 4 is 44.8 Å². The fourth-order valence-electron chi connectivity index (χ4n) is 2.99. The van der Waals surface area contributed by atoms with Crippen molar-refractivity contribution in [3.05, 3.63) is 42.5 Å². The highest BCUT2D eigenvalue weighted by molar-refractivity contribution is 7.99. The highest BCUT2D eigenvalue weighted by atomic mass is 32.2. The van der Waals surface area contributed by atoms with Gasteiger partial charge in [-0.05, 0) is 56.3 Å². The van der Waals surface area contributed by atoms with E-state index >= 15 is 0 Å². The van der Waals surface area contributed by atoms with E-state index in [4.69, 9.17) is 4.74 Å². The van der Waals surface area contributed by atoms with Gasteiger partial charge in [-0.3, -0.25) is 9.59 Å². The number of hydrogen-bond donors (Lipinski definition) is 2. The van der Waals surface area contributed by atoms with Gasteiger partial charge < -0.3 is 15.4 Å². The molecule has 1 unspecified atom stereocenters. The lowest BCUT2D eigenvalue weighted by Gasteiger charge is -2.15. The number of thioether (sulfide) groups is 1. The minimum atomic E-state index is -3.74. The summed E-state index contributed by atoms with van der Waals surface area (Å²) >= 11 is 1.51. The van der Waals surface area contributed by atoms with E-state index in [1.54, 1.807) is 30.3 Å². The van der Waals surface area contributed by atoms with Crippen molar-refractivity contribution in [2.75, 3.05) is 23.0 Å². The molecule has 0 aliphatic carbocycles. The average Bonchev–Trinajstić information content (AvgIpc) is 2.89. The van der Waals surface area contributed by atoms with E-state index in [1.807, 2.05) is 6.92 Å². The third-order valence-electron chi connectivity index (χ3n) is 4.59. The number of fused-ring (bicyclic) bond motifs is 1. The number of ether oxygens (including phenoxy) is 1. The van der Waals surface area contributed by atoms with Gasteiger partial charge in [0.15, 0.2) is 9.84 Å². The highest BCUT2D eigenvalue weighted by Crippen LogP contribution is 2.33. The van der Waals surface area contributed by atoms with Crippen molar-refractivity contribution < 1.29 is 22.7 Å². The molecule has 2 amide bonds. The first-order valence-corrected chi connectivity index (χ1v) is 12.2. The molecule has 0 aromatic heterocycles. The van der Waals surface area contributed by atoms with Crippen LogP contribution in [-0.4, -0.2) is 37.8 Å². The predicted octanol–water partition coefficient (Wildman–Crippen LogP) is 3.71. The van der Waals surface area contributed by atoms with E-state index < -0.39 is 21.0 Å². The van der Waals surface area contributed by atoms with Crippen molar-refractivity contribution in [2.45, 2.75) is 41.7 Å². The Morgan fingerprint density at radius 2 is 1.97 bits per heavy atom. The van der Waals surface area contributed by atoms with Gasteiger partial charge >= 0.3 is 0 Å². The van der Waals surface area contributed by atoms with Crippen LogP contribution in [0, 0.1) is 0 Å². The van der Waals surface area contributed by atoms with Gasteiger partial charge in [-0.25, -0.2) is 8.42 Å². The van der Waals surface area contributed by atoms with Gasteiger partial charge in [-0.1, -0.05) is 0 Å². The van der Waals surface area contributed by atoms with Gasteiger partial charge in [0.1, 0.15) is 5.75 Å². The van der Waals surface area contributed by atoms with E-state index in [1.165, 1.54) is 30.8 Å². The van der Waals surface area contributed by atoms with Crippen LogP contribution in [0.2, 0.25) is 0 Å². The van der Waals surface area contributed by atoms with E-state index in [0.717, 1.165) is 4.90 Å². The zero-order chi connectivity index (χ0) is 21.7. The Hall–Kier alpha value is -2.52. The number of rotatable bonds is 7. The quantitative estimate of drug-likeness (QED) is 0.670. The van der Waals surface area contributed by atoms with Crippen LogP contribution in [0.15, 0.2) is 52.3 Å². The molecule has 30 heavy (non-hydrogen) atoms. The molecule has 1 aliphatic heterocycles. The first kappa shape index (κ1) is 22.2. The fourth-order valence-corrected chi connectivity index (χ4v) is 5.30. The zero-order valence-corrected chi connectivity index (χ0v) is 18.4. The molecule has 2 N–H and O–H groups in total. The molecule has 0 saturated carbocycles. The Morgan fingerprint density at radius 3 is 2.67 bits per heavy atom. The van der Waals surface area contributed by atoms with Gasteiger partial charge in [-0.2, -0.15) is 0 Å². The molecular weight excluding hydrogens is 424 g/mol. The second-order valence-electron chi connectivity index (χ2n) is 6.87. The van der Waals surface area contributed by atoms with Gasteiger partial charge in [0.25, 0.3) is 0 Å². The zero-order valence-electron chi connectivity index (χ0n) is 16.8. The van der Waals surface area contributed by atoms with Gasteiger partial charge in [0, 0.05) is 29.2 Å². The third-order valence-corrected chi connectivity index (χ3v) is 7.80. The smallest absolute Gasteiger partial charge is 0.225 e. The van der Waals surface area contributed by atoms with Gasteiger partial charge in [0.05, 0.1) is 22.4 Å². The molecule has 0 bridgehead atoms. The normalized spacial score (nSPS) is 14.8. The Morgan fingerprint density at radius 1 is 1.23 bits per heavy atom. The van der Waals surface area contributed by atoms with Crippen LogP contribution in [0.5, 0.6) is 5.75 Å². The summed E-state index contributed by atoms with van der Waals surface area (Å²) in [5.74, 6) is 0.805. The predicted molar refractivity (Wildman–Crippen MR) is 118 cm³/mol. The standard InChI is InChI=1S/C21H24N2O5S2/c1-3-28-16-6-4-15(5-7-16)22-21(25)12-14(2)30(26,27)17-8-9-19-18(13-17)23-20(24)10-11-29-19/h4-9,13-14H,3,10-12H2,1-2H3,(H,22,25)(H,23,24). The lowest BCUT2D eigenvalue weighted by atomic mass is 10.2. The summed E-state index contributed by atoms with van der Waals surface area (Å²) in [6, 6.07) is 11.6. The topological polar surface area (TPSA) is 102 Å². The molecule has 9 heteroatoms. The number of amides is 2. The third kappa shape index (κ3) is 5.34.